The second kappa shape index (κ2) is 9.58. The van der Waals surface area contributed by atoms with Gasteiger partial charge in [-0.2, -0.15) is 0 Å². The molecular formula is C25H32N2S. The largest absolute Gasteiger partial charge is 0.304 e. The first-order valence-corrected chi connectivity index (χ1v) is 11.2. The van der Waals surface area contributed by atoms with Crippen LogP contribution in [0, 0.1) is 12.8 Å². The summed E-state index contributed by atoms with van der Waals surface area (Å²) in [5.41, 5.74) is 6.00. The highest BCUT2D eigenvalue weighted by Gasteiger charge is 2.32. The molecule has 1 heterocycles. The number of nitrogens with zero attached hydrogens (tertiary/aromatic N) is 2. The van der Waals surface area contributed by atoms with E-state index in [2.05, 4.69) is 87.7 Å². The van der Waals surface area contributed by atoms with Crippen molar-refractivity contribution in [3.8, 4) is 0 Å². The Morgan fingerprint density at radius 3 is 2.39 bits per heavy atom. The van der Waals surface area contributed by atoms with Crippen molar-refractivity contribution >= 4 is 23.2 Å². The Kier molecular flexibility index (Phi) is 7.14. The van der Waals surface area contributed by atoms with Crippen molar-refractivity contribution in [1.29, 1.82) is 0 Å². The van der Waals surface area contributed by atoms with Gasteiger partial charge in [-0.25, -0.2) is 0 Å². The molecule has 1 aliphatic rings. The zero-order valence-electron chi connectivity index (χ0n) is 17.6. The third kappa shape index (κ3) is 4.76. The molecule has 0 amide bonds. The van der Waals surface area contributed by atoms with Crippen LogP contribution in [-0.4, -0.2) is 30.2 Å². The Balaban J connectivity index is 2.05. The van der Waals surface area contributed by atoms with Gasteiger partial charge in [-0.3, -0.25) is 4.99 Å². The normalized spacial score (nSPS) is 19.1. The summed E-state index contributed by atoms with van der Waals surface area (Å²) in [6.45, 7) is 16.3. The first-order chi connectivity index (χ1) is 13.5. The molecule has 0 saturated heterocycles. The van der Waals surface area contributed by atoms with Crippen LogP contribution in [0.4, 0.5) is 5.69 Å². The summed E-state index contributed by atoms with van der Waals surface area (Å²) in [6, 6.07) is 17.6. The minimum Gasteiger partial charge on any atom is -0.304 e. The number of hydrogen-bond donors (Lipinski definition) is 0. The predicted molar refractivity (Wildman–Crippen MR) is 124 cm³/mol. The highest BCUT2D eigenvalue weighted by atomic mass is 32.2. The zero-order chi connectivity index (χ0) is 20.1. The molecule has 3 rings (SSSR count). The van der Waals surface area contributed by atoms with E-state index in [1.54, 1.807) is 0 Å². The van der Waals surface area contributed by atoms with Crippen molar-refractivity contribution in [2.24, 2.45) is 10.9 Å². The van der Waals surface area contributed by atoms with Crippen molar-refractivity contribution in [3.05, 3.63) is 71.8 Å². The third-order valence-corrected chi connectivity index (χ3v) is 7.02. The van der Waals surface area contributed by atoms with Crippen LogP contribution >= 0.6 is 11.8 Å². The van der Waals surface area contributed by atoms with Gasteiger partial charge in [0.05, 0.1) is 5.69 Å². The average molecular weight is 393 g/mol. The minimum absolute atomic E-state index is 0.343. The molecule has 2 aromatic carbocycles. The summed E-state index contributed by atoms with van der Waals surface area (Å²) in [6.07, 6.45) is 1.09. The van der Waals surface area contributed by atoms with E-state index in [0.717, 1.165) is 43.0 Å². The summed E-state index contributed by atoms with van der Waals surface area (Å²) in [5.74, 6) is 0.346. The molecular weight excluding hydrogens is 360 g/mol. The molecule has 0 radical (unpaired) electrons. The van der Waals surface area contributed by atoms with Crippen LogP contribution in [0.5, 0.6) is 0 Å². The molecule has 1 unspecified atom stereocenters. The number of thioether (sulfide) groups is 1. The van der Waals surface area contributed by atoms with Crippen LogP contribution in [0.3, 0.4) is 0 Å². The first kappa shape index (κ1) is 20.9. The smallest absolute Gasteiger partial charge is 0.0769 e. The van der Waals surface area contributed by atoms with Gasteiger partial charge in [0.2, 0.25) is 0 Å². The molecule has 0 aromatic heterocycles. The maximum atomic E-state index is 5.12. The van der Waals surface area contributed by atoms with Gasteiger partial charge in [-0.1, -0.05) is 62.4 Å². The average Bonchev–Trinajstić information content (AvgIpc) is 2.86. The summed E-state index contributed by atoms with van der Waals surface area (Å²) in [4.78, 5) is 8.89. The van der Waals surface area contributed by atoms with E-state index in [4.69, 9.17) is 4.99 Å². The fourth-order valence-electron chi connectivity index (χ4n) is 3.84. The van der Waals surface area contributed by atoms with Crippen LogP contribution in [0.1, 0.15) is 43.6 Å². The summed E-state index contributed by atoms with van der Waals surface area (Å²) in [7, 11) is 0. The maximum absolute atomic E-state index is 5.12. The maximum Gasteiger partial charge on any atom is 0.0769 e. The quantitative estimate of drug-likeness (QED) is 0.512. The number of para-hydroxylation sites is 1. The molecule has 0 saturated carbocycles. The second-order valence-corrected chi connectivity index (χ2v) is 8.80. The molecule has 0 bridgehead atoms. The molecule has 2 nitrogen and oxygen atoms in total. The van der Waals surface area contributed by atoms with E-state index in [9.17, 15) is 0 Å². The Morgan fingerprint density at radius 2 is 1.75 bits per heavy atom. The van der Waals surface area contributed by atoms with Crippen LogP contribution in [0.25, 0.3) is 0 Å². The molecule has 0 aliphatic carbocycles. The van der Waals surface area contributed by atoms with Gasteiger partial charge in [0.1, 0.15) is 0 Å². The van der Waals surface area contributed by atoms with Crippen molar-refractivity contribution in [3.63, 3.8) is 0 Å². The minimum atomic E-state index is 0.343. The van der Waals surface area contributed by atoms with Crippen molar-refractivity contribution in [2.75, 3.05) is 19.6 Å². The van der Waals surface area contributed by atoms with Gasteiger partial charge in [0.15, 0.2) is 0 Å². The van der Waals surface area contributed by atoms with Crippen molar-refractivity contribution < 1.29 is 0 Å². The Hall–Kier alpha value is -1.84. The number of allylic oxidation sites excluding steroid dienone is 1. The van der Waals surface area contributed by atoms with E-state index >= 15 is 0 Å². The number of hydrogen-bond acceptors (Lipinski definition) is 3. The highest BCUT2D eigenvalue weighted by molar-refractivity contribution is 7.99. The van der Waals surface area contributed by atoms with E-state index < -0.39 is 0 Å². The summed E-state index contributed by atoms with van der Waals surface area (Å²) in [5, 5.41) is 0.343. The van der Waals surface area contributed by atoms with E-state index in [-0.39, 0.29) is 0 Å². The van der Waals surface area contributed by atoms with E-state index in [1.165, 1.54) is 16.0 Å². The van der Waals surface area contributed by atoms with Gasteiger partial charge in [-0.05, 0) is 63.2 Å². The fourth-order valence-corrected chi connectivity index (χ4v) is 5.23. The lowest BCUT2D eigenvalue weighted by Crippen LogP contribution is -2.29. The highest BCUT2D eigenvalue weighted by Crippen LogP contribution is 2.49. The summed E-state index contributed by atoms with van der Waals surface area (Å²) >= 11 is 1.96. The lowest BCUT2D eigenvalue weighted by atomic mass is 9.87. The number of rotatable bonds is 7. The standard InChI is InChI=1S/C25H32N2S/c1-6-27(7-2)17-16-21-24(18(3)4)26-22-10-8-9-11-23(22)28-25(21)20-14-12-19(5)13-15-20/h8-15,21,25H,3,6-7,16-17H2,1-2,4-5H3/t21-,25?/m1/s1. The molecule has 2 aromatic rings. The second-order valence-electron chi connectivity index (χ2n) is 7.62. The van der Waals surface area contributed by atoms with E-state index in [1.807, 2.05) is 11.8 Å². The molecule has 148 valence electrons. The van der Waals surface area contributed by atoms with Crippen LogP contribution in [-0.2, 0) is 0 Å². The van der Waals surface area contributed by atoms with Gasteiger partial charge < -0.3 is 4.90 Å². The van der Waals surface area contributed by atoms with Gasteiger partial charge >= 0.3 is 0 Å². The number of aliphatic imine (C=N–C) groups is 1. The number of fused-ring (bicyclic) bond motifs is 1. The lowest BCUT2D eigenvalue weighted by Gasteiger charge is -2.29. The fraction of sp³-hybridized carbons (Fsp3) is 0.400. The summed E-state index contributed by atoms with van der Waals surface area (Å²) < 4.78 is 0. The molecule has 28 heavy (non-hydrogen) atoms. The Bertz CT molecular complexity index is 834. The Morgan fingerprint density at radius 1 is 1.07 bits per heavy atom. The first-order valence-electron chi connectivity index (χ1n) is 10.3. The lowest BCUT2D eigenvalue weighted by molar-refractivity contribution is 0.288. The molecule has 3 heteroatoms. The molecule has 0 N–H and O–H groups in total. The topological polar surface area (TPSA) is 15.6 Å². The number of aryl methyl sites for hydroxylation is 1. The molecule has 0 spiro atoms. The van der Waals surface area contributed by atoms with Gasteiger partial charge in [0.25, 0.3) is 0 Å². The molecule has 0 fully saturated rings. The van der Waals surface area contributed by atoms with Crippen LogP contribution < -0.4 is 0 Å². The third-order valence-electron chi connectivity index (χ3n) is 5.57. The van der Waals surface area contributed by atoms with E-state index in [0.29, 0.717) is 11.2 Å². The van der Waals surface area contributed by atoms with Crippen molar-refractivity contribution in [1.82, 2.24) is 4.90 Å². The zero-order valence-corrected chi connectivity index (χ0v) is 18.4. The van der Waals surface area contributed by atoms with Crippen LogP contribution in [0.2, 0.25) is 0 Å². The van der Waals surface area contributed by atoms with Crippen molar-refractivity contribution in [2.45, 2.75) is 44.3 Å². The molecule has 1 aliphatic heterocycles. The predicted octanol–water partition coefficient (Wildman–Crippen LogP) is 6.84. The Labute approximate surface area is 174 Å². The monoisotopic (exact) mass is 392 g/mol. The van der Waals surface area contributed by atoms with Gasteiger partial charge in [0, 0.05) is 21.8 Å². The SMILES string of the molecule is C=C(C)C1=Nc2ccccc2SC(c2ccc(C)cc2)[C@@H]1CCN(CC)CC. The number of benzene rings is 2. The molecule has 2 atom stereocenters. The van der Waals surface area contributed by atoms with Gasteiger partial charge in [-0.15, -0.1) is 11.8 Å². The van der Waals surface area contributed by atoms with Crippen LogP contribution in [0.15, 0.2) is 70.6 Å².